The van der Waals surface area contributed by atoms with E-state index < -0.39 is 0 Å². The van der Waals surface area contributed by atoms with Crippen LogP contribution in [0.2, 0.25) is 0 Å². The maximum atomic E-state index is 2.47. The summed E-state index contributed by atoms with van der Waals surface area (Å²) in [5.74, 6) is 0.388. The summed E-state index contributed by atoms with van der Waals surface area (Å²) in [5, 5.41) is 0. The molecule has 0 aliphatic carbocycles. The maximum Gasteiger partial charge on any atom is 0.0538 e. The van der Waals surface area contributed by atoms with Crippen LogP contribution in [0.3, 0.4) is 0 Å². The van der Waals surface area contributed by atoms with Crippen LogP contribution < -0.4 is 0 Å². The fraction of sp³-hybridized carbons (Fsp3) is 0.120. The summed E-state index contributed by atoms with van der Waals surface area (Å²) < 4.78 is 2.47. The Morgan fingerprint density at radius 1 is 0.731 bits per heavy atom. The van der Waals surface area contributed by atoms with Crippen molar-refractivity contribution in [3.63, 3.8) is 0 Å². The Kier molecular flexibility index (Phi) is 3.36. The molecule has 0 amide bonds. The summed E-state index contributed by atoms with van der Waals surface area (Å²) in [6.07, 6.45) is 0. The molecule has 126 valence electrons. The van der Waals surface area contributed by atoms with Crippen LogP contribution in [0, 0.1) is 6.92 Å². The molecule has 0 N–H and O–H groups in total. The number of aryl methyl sites for hydroxylation is 1. The molecule has 0 saturated carbocycles. The van der Waals surface area contributed by atoms with Crippen molar-refractivity contribution in [2.45, 2.75) is 19.8 Å². The first kappa shape index (κ1) is 15.2. The first-order valence-corrected chi connectivity index (χ1v) is 9.21. The molecule has 0 radical (unpaired) electrons. The average molecular weight is 335 g/mol. The van der Waals surface area contributed by atoms with Crippen LogP contribution in [0.5, 0.6) is 0 Å². The molecule has 1 nitrogen and oxygen atoms in total. The number of rotatable bonds is 2. The third-order valence-corrected chi connectivity index (χ3v) is 5.49. The number of nitrogens with zero attached hydrogens (tertiary/aromatic N) is 1. The number of benzene rings is 3. The number of aromatic nitrogens is 1. The summed E-state index contributed by atoms with van der Waals surface area (Å²) in [4.78, 5) is 0. The van der Waals surface area contributed by atoms with E-state index in [2.05, 4.69) is 103 Å². The minimum absolute atomic E-state index is 0.388. The third-order valence-electron chi connectivity index (χ3n) is 5.49. The first-order valence-electron chi connectivity index (χ1n) is 9.21. The lowest BCUT2D eigenvalue weighted by Gasteiger charge is -2.09. The lowest BCUT2D eigenvalue weighted by atomic mass is 9.93. The second-order valence-corrected chi connectivity index (χ2v) is 7.18. The Balaban J connectivity index is 1.84. The van der Waals surface area contributed by atoms with Gasteiger partial charge in [-0.3, -0.25) is 0 Å². The van der Waals surface area contributed by atoms with Crippen molar-refractivity contribution in [1.29, 1.82) is 0 Å². The molecular formula is C25H21N. The molecule has 0 saturated heterocycles. The minimum Gasteiger partial charge on any atom is -0.312 e. The largest absolute Gasteiger partial charge is 0.312 e. The zero-order chi connectivity index (χ0) is 17.7. The molecule has 1 unspecified atom stereocenters. The summed E-state index contributed by atoms with van der Waals surface area (Å²) in [6, 6.07) is 30.7. The molecule has 1 heteroatoms. The summed E-state index contributed by atoms with van der Waals surface area (Å²) in [6.45, 7) is 4.49. The lowest BCUT2D eigenvalue weighted by molar-refractivity contribution is 0.913. The van der Waals surface area contributed by atoms with Crippen LogP contribution in [0.1, 0.15) is 29.7 Å². The van der Waals surface area contributed by atoms with E-state index in [4.69, 9.17) is 0 Å². The molecule has 1 atom stereocenters. The molecule has 26 heavy (non-hydrogen) atoms. The second-order valence-electron chi connectivity index (χ2n) is 7.18. The quantitative estimate of drug-likeness (QED) is 0.390. The van der Waals surface area contributed by atoms with Crippen LogP contribution in [0.25, 0.3) is 28.1 Å². The molecule has 1 aliphatic heterocycles. The molecule has 1 aromatic heterocycles. The van der Waals surface area contributed by atoms with E-state index in [0.717, 1.165) is 0 Å². The predicted molar refractivity (Wildman–Crippen MR) is 109 cm³/mol. The topological polar surface area (TPSA) is 4.93 Å². The molecule has 5 rings (SSSR count). The van der Waals surface area contributed by atoms with Crippen molar-refractivity contribution in [3.8, 4) is 28.1 Å². The summed E-state index contributed by atoms with van der Waals surface area (Å²) in [5.41, 5.74) is 10.6. The van der Waals surface area contributed by atoms with Crippen molar-refractivity contribution in [2.75, 3.05) is 0 Å². The Morgan fingerprint density at radius 2 is 1.46 bits per heavy atom. The van der Waals surface area contributed by atoms with Gasteiger partial charge in [-0.1, -0.05) is 85.3 Å². The van der Waals surface area contributed by atoms with Gasteiger partial charge < -0.3 is 4.57 Å². The standard InChI is InChI=1S/C25H21N/c1-17-9-8-12-20(15-17)22-16-24(19-10-4-3-5-11-19)26-23-14-7-6-13-21(23)18(2)25(22)26/h3-16,18H,1-2H3. The Hall–Kier alpha value is -3.06. The van der Waals surface area contributed by atoms with Crippen LogP contribution in [0.15, 0.2) is 84.9 Å². The summed E-state index contributed by atoms with van der Waals surface area (Å²) in [7, 11) is 0. The van der Waals surface area contributed by atoms with Crippen molar-refractivity contribution in [1.82, 2.24) is 4.57 Å². The number of para-hydroxylation sites is 1. The monoisotopic (exact) mass is 335 g/mol. The van der Waals surface area contributed by atoms with Crippen molar-refractivity contribution >= 4 is 0 Å². The van der Waals surface area contributed by atoms with Gasteiger partial charge in [0.25, 0.3) is 0 Å². The lowest BCUT2D eigenvalue weighted by Crippen LogP contribution is -1.96. The van der Waals surface area contributed by atoms with Gasteiger partial charge in [-0.05, 0) is 35.7 Å². The molecule has 0 fully saturated rings. The van der Waals surface area contributed by atoms with E-state index in [1.54, 1.807) is 0 Å². The molecule has 4 aromatic rings. The molecule has 2 heterocycles. The van der Waals surface area contributed by atoms with Gasteiger partial charge in [0, 0.05) is 22.9 Å². The SMILES string of the molecule is Cc1cccc(-c2cc(-c3ccccc3)n3c2C(C)c2ccccc2-3)c1. The fourth-order valence-electron chi connectivity index (χ4n) is 4.28. The zero-order valence-corrected chi connectivity index (χ0v) is 15.1. The molecule has 0 bridgehead atoms. The maximum absolute atomic E-state index is 2.47. The zero-order valence-electron chi connectivity index (χ0n) is 15.1. The van der Waals surface area contributed by atoms with E-state index in [1.807, 2.05) is 0 Å². The predicted octanol–water partition coefficient (Wildman–Crippen LogP) is 6.58. The molecule has 3 aromatic carbocycles. The number of fused-ring (bicyclic) bond motifs is 3. The van der Waals surface area contributed by atoms with E-state index in [9.17, 15) is 0 Å². The van der Waals surface area contributed by atoms with Gasteiger partial charge in [-0.15, -0.1) is 0 Å². The van der Waals surface area contributed by atoms with Crippen LogP contribution in [-0.2, 0) is 0 Å². The third kappa shape index (κ3) is 2.17. The average Bonchev–Trinajstić information content (AvgIpc) is 3.20. The molecule has 1 aliphatic rings. The number of hydrogen-bond acceptors (Lipinski definition) is 0. The highest BCUT2D eigenvalue weighted by molar-refractivity contribution is 5.81. The Bertz CT molecular complexity index is 1100. The highest BCUT2D eigenvalue weighted by Crippen LogP contribution is 2.47. The second kappa shape index (κ2) is 5.74. The van der Waals surface area contributed by atoms with Gasteiger partial charge in [0.15, 0.2) is 0 Å². The Morgan fingerprint density at radius 3 is 2.27 bits per heavy atom. The summed E-state index contributed by atoms with van der Waals surface area (Å²) >= 11 is 0. The van der Waals surface area contributed by atoms with Gasteiger partial charge in [-0.25, -0.2) is 0 Å². The highest BCUT2D eigenvalue weighted by Gasteiger charge is 2.31. The fourth-order valence-corrected chi connectivity index (χ4v) is 4.28. The van der Waals surface area contributed by atoms with Crippen molar-refractivity contribution in [3.05, 3.63) is 102 Å². The van der Waals surface area contributed by atoms with Crippen molar-refractivity contribution in [2.24, 2.45) is 0 Å². The van der Waals surface area contributed by atoms with E-state index in [-0.39, 0.29) is 0 Å². The van der Waals surface area contributed by atoms with Gasteiger partial charge in [0.05, 0.1) is 5.69 Å². The van der Waals surface area contributed by atoms with E-state index in [1.165, 1.54) is 44.9 Å². The Labute approximate surface area is 154 Å². The van der Waals surface area contributed by atoms with E-state index in [0.29, 0.717) is 5.92 Å². The molecular weight excluding hydrogens is 314 g/mol. The minimum atomic E-state index is 0.388. The molecule has 0 spiro atoms. The number of hydrogen-bond donors (Lipinski definition) is 0. The van der Waals surface area contributed by atoms with Crippen LogP contribution in [0.4, 0.5) is 0 Å². The highest BCUT2D eigenvalue weighted by atomic mass is 15.0. The van der Waals surface area contributed by atoms with E-state index >= 15 is 0 Å². The van der Waals surface area contributed by atoms with Gasteiger partial charge in [0.2, 0.25) is 0 Å². The van der Waals surface area contributed by atoms with Crippen LogP contribution in [-0.4, -0.2) is 4.57 Å². The van der Waals surface area contributed by atoms with Crippen LogP contribution >= 0.6 is 0 Å². The normalized spacial score (nSPS) is 14.9. The van der Waals surface area contributed by atoms with Gasteiger partial charge >= 0.3 is 0 Å². The smallest absolute Gasteiger partial charge is 0.0538 e. The van der Waals surface area contributed by atoms with Crippen molar-refractivity contribution < 1.29 is 0 Å². The van der Waals surface area contributed by atoms with Gasteiger partial charge in [0.1, 0.15) is 0 Å². The first-order chi connectivity index (χ1) is 12.7. The van der Waals surface area contributed by atoms with Gasteiger partial charge in [-0.2, -0.15) is 0 Å².